The molecule has 0 aliphatic heterocycles. The summed E-state index contributed by atoms with van der Waals surface area (Å²) in [6.07, 6.45) is -8.00. The number of alkyl halides is 5. The second kappa shape index (κ2) is 3.52. The Balaban J connectivity index is 3.61. The molecule has 0 saturated carbocycles. The van der Waals surface area contributed by atoms with Gasteiger partial charge in [-0.05, 0) is 0 Å². The van der Waals surface area contributed by atoms with Gasteiger partial charge in [0.15, 0.2) is 0 Å². The molecule has 0 bridgehead atoms. The molecule has 0 unspecified atom stereocenters. The Kier molecular flexibility index (Phi) is 2.69. The zero-order valence-electron chi connectivity index (χ0n) is 7.03. The molecule has 1 heterocycles. The van der Waals surface area contributed by atoms with Gasteiger partial charge in [0.2, 0.25) is 0 Å². The number of rotatable bonds is 1. The maximum atomic E-state index is 12.3. The minimum atomic E-state index is -5.16. The van der Waals surface area contributed by atoms with Crippen molar-refractivity contribution in [1.82, 2.24) is 4.98 Å². The second-order valence-electron chi connectivity index (χ2n) is 2.66. The van der Waals surface area contributed by atoms with Gasteiger partial charge in [0.05, 0.1) is 11.3 Å². The first kappa shape index (κ1) is 11.5. The highest BCUT2D eigenvalue weighted by molar-refractivity contribution is 5.50. The summed E-state index contributed by atoms with van der Waals surface area (Å²) in [7, 11) is 0. The fourth-order valence-corrected chi connectivity index (χ4v) is 1.08. The molecular formula is C7H5F5N2O. The predicted octanol–water partition coefficient (Wildman–Crippen LogP) is 1.91. The van der Waals surface area contributed by atoms with Crippen LogP contribution in [0.2, 0.25) is 0 Å². The Labute approximate surface area is 79.7 Å². The number of nitrogens with two attached hydrogens (primary N) is 1. The van der Waals surface area contributed by atoms with Gasteiger partial charge in [0.1, 0.15) is 5.56 Å². The summed E-state index contributed by atoms with van der Waals surface area (Å²) in [4.78, 5) is 12.4. The summed E-state index contributed by atoms with van der Waals surface area (Å²) in [5, 5.41) is 0. The highest BCUT2D eigenvalue weighted by atomic mass is 19.4. The maximum Gasteiger partial charge on any atom is 0.422 e. The minimum absolute atomic E-state index is 0.610. The molecule has 0 fully saturated rings. The van der Waals surface area contributed by atoms with Gasteiger partial charge in [-0.2, -0.15) is 13.2 Å². The molecule has 3 N–H and O–H groups in total. The summed E-state index contributed by atoms with van der Waals surface area (Å²) in [5.74, 6) is 0. The van der Waals surface area contributed by atoms with E-state index in [0.717, 1.165) is 0 Å². The number of hydrogen-bond donors (Lipinski definition) is 2. The maximum absolute atomic E-state index is 12.3. The van der Waals surface area contributed by atoms with Crippen LogP contribution in [-0.4, -0.2) is 4.98 Å². The Hall–Kier alpha value is -1.60. The molecule has 1 rings (SSSR count). The lowest BCUT2D eigenvalue weighted by Crippen LogP contribution is -2.25. The molecule has 84 valence electrons. The Morgan fingerprint density at radius 3 is 2.20 bits per heavy atom. The molecule has 0 spiro atoms. The van der Waals surface area contributed by atoms with Crippen LogP contribution in [0.4, 0.5) is 27.6 Å². The largest absolute Gasteiger partial charge is 0.422 e. The monoisotopic (exact) mass is 228 g/mol. The van der Waals surface area contributed by atoms with E-state index in [1.807, 2.05) is 0 Å². The smallest absolute Gasteiger partial charge is 0.397 e. The van der Waals surface area contributed by atoms with Crippen molar-refractivity contribution in [2.75, 3.05) is 5.73 Å². The zero-order valence-corrected chi connectivity index (χ0v) is 7.03. The number of halogens is 5. The SMILES string of the molecule is Nc1c[nH]c(=O)c(C(F)(F)F)c1C(F)F. The third kappa shape index (κ3) is 2.08. The lowest BCUT2D eigenvalue weighted by molar-refractivity contribution is -0.140. The van der Waals surface area contributed by atoms with Crippen LogP contribution >= 0.6 is 0 Å². The quantitative estimate of drug-likeness (QED) is 0.721. The lowest BCUT2D eigenvalue weighted by atomic mass is 10.1. The molecule has 8 heteroatoms. The molecule has 1 aromatic heterocycles. The predicted molar refractivity (Wildman–Crippen MR) is 41.4 cm³/mol. The van der Waals surface area contributed by atoms with E-state index in [1.54, 1.807) is 4.98 Å². The van der Waals surface area contributed by atoms with Crippen molar-refractivity contribution in [3.63, 3.8) is 0 Å². The molecule has 1 aromatic rings. The molecule has 0 amide bonds. The number of nitrogen functional groups attached to an aromatic ring is 1. The van der Waals surface area contributed by atoms with Crippen LogP contribution < -0.4 is 11.3 Å². The average molecular weight is 228 g/mol. The molecule has 0 aliphatic carbocycles. The Morgan fingerprint density at radius 2 is 1.87 bits per heavy atom. The Bertz CT molecular complexity index is 422. The van der Waals surface area contributed by atoms with Gasteiger partial charge in [-0.15, -0.1) is 0 Å². The molecule has 0 aromatic carbocycles. The van der Waals surface area contributed by atoms with Crippen molar-refractivity contribution in [2.24, 2.45) is 0 Å². The fraction of sp³-hybridized carbons (Fsp3) is 0.286. The summed E-state index contributed by atoms with van der Waals surface area (Å²) in [6.45, 7) is 0. The highest BCUT2D eigenvalue weighted by Gasteiger charge is 2.40. The van der Waals surface area contributed by atoms with E-state index in [-0.39, 0.29) is 0 Å². The van der Waals surface area contributed by atoms with E-state index in [2.05, 4.69) is 0 Å². The highest BCUT2D eigenvalue weighted by Crippen LogP contribution is 2.36. The third-order valence-electron chi connectivity index (χ3n) is 1.67. The van der Waals surface area contributed by atoms with E-state index in [1.165, 1.54) is 0 Å². The van der Waals surface area contributed by atoms with E-state index in [9.17, 15) is 26.7 Å². The van der Waals surface area contributed by atoms with Crippen molar-refractivity contribution in [2.45, 2.75) is 12.6 Å². The van der Waals surface area contributed by atoms with Crippen LogP contribution in [0, 0.1) is 0 Å². The van der Waals surface area contributed by atoms with Crippen molar-refractivity contribution >= 4 is 5.69 Å². The molecule has 15 heavy (non-hydrogen) atoms. The van der Waals surface area contributed by atoms with Gasteiger partial charge in [-0.25, -0.2) is 8.78 Å². The van der Waals surface area contributed by atoms with Crippen LogP contribution in [0.1, 0.15) is 17.6 Å². The van der Waals surface area contributed by atoms with Crippen molar-refractivity contribution in [3.8, 4) is 0 Å². The molecule has 0 saturated heterocycles. The number of aromatic amines is 1. The molecule has 0 radical (unpaired) electrons. The van der Waals surface area contributed by atoms with E-state index >= 15 is 0 Å². The van der Waals surface area contributed by atoms with Crippen LogP contribution in [0.3, 0.4) is 0 Å². The first-order valence-corrected chi connectivity index (χ1v) is 3.61. The van der Waals surface area contributed by atoms with Gasteiger partial charge in [0.25, 0.3) is 12.0 Å². The molecule has 3 nitrogen and oxygen atoms in total. The second-order valence-corrected chi connectivity index (χ2v) is 2.66. The normalized spacial score (nSPS) is 12.1. The van der Waals surface area contributed by atoms with Crippen molar-refractivity contribution < 1.29 is 22.0 Å². The molecule has 0 atom stereocenters. The van der Waals surface area contributed by atoms with Gasteiger partial charge >= 0.3 is 6.18 Å². The molecular weight excluding hydrogens is 223 g/mol. The third-order valence-corrected chi connectivity index (χ3v) is 1.67. The van der Waals surface area contributed by atoms with Gasteiger partial charge in [0, 0.05) is 6.20 Å². The van der Waals surface area contributed by atoms with Crippen molar-refractivity contribution in [3.05, 3.63) is 27.7 Å². The van der Waals surface area contributed by atoms with Gasteiger partial charge < -0.3 is 10.7 Å². The number of anilines is 1. The average Bonchev–Trinajstić information content (AvgIpc) is 2.05. The number of pyridine rings is 1. The fourth-order valence-electron chi connectivity index (χ4n) is 1.08. The van der Waals surface area contributed by atoms with Crippen molar-refractivity contribution in [1.29, 1.82) is 0 Å². The molecule has 0 aliphatic rings. The van der Waals surface area contributed by atoms with Crippen LogP contribution in [-0.2, 0) is 6.18 Å². The summed E-state index contributed by atoms with van der Waals surface area (Å²) in [6, 6.07) is 0. The number of aromatic nitrogens is 1. The first-order chi connectivity index (χ1) is 6.75. The van der Waals surface area contributed by atoms with E-state index in [0.29, 0.717) is 6.20 Å². The van der Waals surface area contributed by atoms with Gasteiger partial charge in [-0.3, -0.25) is 4.79 Å². The lowest BCUT2D eigenvalue weighted by Gasteiger charge is -2.12. The van der Waals surface area contributed by atoms with Crippen LogP contribution in [0.5, 0.6) is 0 Å². The standard InChI is InChI=1S/C7H5F5N2O/c8-5(9)3-2(13)1-14-6(15)4(3)7(10,11)12/h1,5H,13H2,(H,14,15). The van der Waals surface area contributed by atoms with E-state index < -0.39 is 35.0 Å². The first-order valence-electron chi connectivity index (χ1n) is 3.61. The summed E-state index contributed by atoms with van der Waals surface area (Å²) < 4.78 is 61.3. The van der Waals surface area contributed by atoms with E-state index in [4.69, 9.17) is 5.73 Å². The summed E-state index contributed by atoms with van der Waals surface area (Å²) in [5.41, 5.74) is -0.916. The van der Waals surface area contributed by atoms with Crippen LogP contribution in [0.25, 0.3) is 0 Å². The van der Waals surface area contributed by atoms with Crippen LogP contribution in [0.15, 0.2) is 11.0 Å². The topological polar surface area (TPSA) is 58.9 Å². The number of nitrogens with one attached hydrogen (secondary N) is 1. The summed E-state index contributed by atoms with van der Waals surface area (Å²) >= 11 is 0. The number of H-pyrrole nitrogens is 1. The Morgan fingerprint density at radius 1 is 1.33 bits per heavy atom. The van der Waals surface area contributed by atoms with Gasteiger partial charge in [-0.1, -0.05) is 0 Å². The zero-order chi connectivity index (χ0) is 11.8. The minimum Gasteiger partial charge on any atom is -0.397 e. The number of hydrogen-bond acceptors (Lipinski definition) is 2.